The van der Waals surface area contributed by atoms with E-state index >= 15 is 0 Å². The second-order valence-corrected chi connectivity index (χ2v) is 18.6. The standard InChI is InChI=1S/C4H11N2O8PS4/c7-16(8)1-15(2-17(9,10)5-16)3-18(11,12)6-19(13,14)4-15/h5-6,15H,1-4H2. The van der Waals surface area contributed by atoms with Crippen LogP contribution in [0.15, 0.2) is 0 Å². The molecule has 0 radical (unpaired) electrons. The van der Waals surface area contributed by atoms with Gasteiger partial charge >= 0.3 is 111 Å². The molecule has 0 aromatic rings. The Hall–Kier alpha value is 0.150. The molecule has 1 spiro atoms. The molecule has 0 aromatic carbocycles. The molecule has 2 rings (SSSR count). The minimum atomic E-state index is -4.23. The van der Waals surface area contributed by atoms with Gasteiger partial charge in [0.05, 0.1) is 0 Å². The molecule has 19 heavy (non-hydrogen) atoms. The number of sulfonamides is 4. The molecule has 2 aliphatic rings. The van der Waals surface area contributed by atoms with Crippen LogP contribution in [0.1, 0.15) is 0 Å². The van der Waals surface area contributed by atoms with Crippen LogP contribution >= 0.6 is 7.26 Å². The summed E-state index contributed by atoms with van der Waals surface area (Å²) in [7, 11) is -20.5. The van der Waals surface area contributed by atoms with Gasteiger partial charge in [-0.1, -0.05) is 0 Å². The van der Waals surface area contributed by atoms with Crippen molar-refractivity contribution in [2.45, 2.75) is 0 Å². The molecule has 0 amide bonds. The summed E-state index contributed by atoms with van der Waals surface area (Å²) in [5.41, 5.74) is -2.95. The fourth-order valence-electron chi connectivity index (χ4n) is 2.37. The Kier molecular flexibility index (Phi) is 3.34. The second kappa shape index (κ2) is 4.08. The van der Waals surface area contributed by atoms with E-state index in [0.717, 1.165) is 0 Å². The summed E-state index contributed by atoms with van der Waals surface area (Å²) in [5.74, 6) is 0. The van der Waals surface area contributed by atoms with Gasteiger partial charge in [0.1, 0.15) is 0 Å². The molecule has 15 heteroatoms. The summed E-state index contributed by atoms with van der Waals surface area (Å²) >= 11 is 0. The number of hydrogen-bond donors (Lipinski definition) is 2. The van der Waals surface area contributed by atoms with Crippen molar-refractivity contribution in [3.05, 3.63) is 0 Å². The Bertz CT molecular complexity index is 678. The van der Waals surface area contributed by atoms with Gasteiger partial charge in [-0.05, 0) is 0 Å². The molecule has 0 aromatic heterocycles. The molecular formula is C4H11N2O8PS4. The first kappa shape index (κ1) is 15.5. The van der Waals surface area contributed by atoms with E-state index in [1.165, 1.54) is 8.25 Å². The van der Waals surface area contributed by atoms with Crippen molar-refractivity contribution in [1.82, 2.24) is 8.25 Å². The van der Waals surface area contributed by atoms with E-state index in [1.807, 2.05) is 0 Å². The van der Waals surface area contributed by atoms with Crippen LogP contribution in [0.2, 0.25) is 0 Å². The zero-order valence-electron chi connectivity index (χ0n) is 9.23. The van der Waals surface area contributed by atoms with Gasteiger partial charge in [0.15, 0.2) is 0 Å². The van der Waals surface area contributed by atoms with Crippen molar-refractivity contribution in [3.8, 4) is 0 Å². The molecule has 2 N–H and O–H groups in total. The van der Waals surface area contributed by atoms with Crippen LogP contribution in [0.25, 0.3) is 0 Å². The summed E-state index contributed by atoms with van der Waals surface area (Å²) < 4.78 is 94.8. The van der Waals surface area contributed by atoms with Crippen LogP contribution in [0, 0.1) is 0 Å². The summed E-state index contributed by atoms with van der Waals surface area (Å²) in [5, 5.41) is 0. The van der Waals surface area contributed by atoms with Crippen LogP contribution in [-0.4, -0.2) is 55.6 Å². The molecule has 0 bridgehead atoms. The van der Waals surface area contributed by atoms with Gasteiger partial charge in [0.2, 0.25) is 0 Å². The first-order valence-electron chi connectivity index (χ1n) is 4.72. The van der Waals surface area contributed by atoms with Crippen molar-refractivity contribution in [1.29, 1.82) is 0 Å². The molecule has 2 heterocycles. The van der Waals surface area contributed by atoms with Crippen LogP contribution in [0.3, 0.4) is 0 Å². The van der Waals surface area contributed by atoms with Gasteiger partial charge in [-0.15, -0.1) is 0 Å². The van der Waals surface area contributed by atoms with Gasteiger partial charge < -0.3 is 0 Å². The van der Waals surface area contributed by atoms with E-state index in [0.29, 0.717) is 0 Å². The summed E-state index contributed by atoms with van der Waals surface area (Å²) in [6.45, 7) is 0. The van der Waals surface area contributed by atoms with E-state index in [9.17, 15) is 33.7 Å². The van der Waals surface area contributed by atoms with Crippen molar-refractivity contribution in [2.24, 2.45) is 0 Å². The first-order chi connectivity index (χ1) is 8.24. The Balaban J connectivity index is 2.59. The fraction of sp³-hybridized carbons (Fsp3) is 1.00. The van der Waals surface area contributed by atoms with Gasteiger partial charge in [0.25, 0.3) is 0 Å². The van der Waals surface area contributed by atoms with E-state index in [2.05, 4.69) is 0 Å². The van der Waals surface area contributed by atoms with Crippen molar-refractivity contribution < 1.29 is 33.7 Å². The van der Waals surface area contributed by atoms with E-state index < -0.39 is 69.3 Å². The van der Waals surface area contributed by atoms with Crippen molar-refractivity contribution >= 4 is 47.4 Å². The third-order valence-corrected chi connectivity index (χ3v) is 22.4. The predicted molar refractivity (Wildman–Crippen MR) is 69.7 cm³/mol. The maximum absolute atomic E-state index is 11.5. The van der Waals surface area contributed by atoms with Crippen LogP contribution in [-0.2, 0) is 40.1 Å². The van der Waals surface area contributed by atoms with Gasteiger partial charge in [-0.2, -0.15) is 0 Å². The quantitative estimate of drug-likeness (QED) is 0.427. The molecule has 2 fully saturated rings. The minimum absolute atomic E-state index is 0.737. The Morgan fingerprint density at radius 2 is 0.737 bits per heavy atom. The first-order valence-corrected chi connectivity index (χ1v) is 14.2. The summed E-state index contributed by atoms with van der Waals surface area (Å²) in [6.07, 6.45) is 0. The fourth-order valence-corrected chi connectivity index (χ4v) is 27.9. The molecule has 2 aliphatic heterocycles. The monoisotopic (exact) mass is 374 g/mol. The Morgan fingerprint density at radius 1 is 0.526 bits per heavy atom. The van der Waals surface area contributed by atoms with Gasteiger partial charge in [-0.25, -0.2) is 0 Å². The second-order valence-electron chi connectivity index (χ2n) is 4.70. The van der Waals surface area contributed by atoms with E-state index in [-0.39, 0.29) is 0 Å². The molecule has 0 saturated carbocycles. The average molecular weight is 374 g/mol. The Morgan fingerprint density at radius 3 is 0.947 bits per heavy atom. The average Bonchev–Trinajstić information content (AvgIpc) is 1.84. The van der Waals surface area contributed by atoms with Crippen molar-refractivity contribution in [3.63, 3.8) is 0 Å². The molecule has 10 nitrogen and oxygen atoms in total. The zero-order valence-corrected chi connectivity index (χ0v) is 13.5. The number of nitrogens with one attached hydrogen (secondary N) is 2. The van der Waals surface area contributed by atoms with Crippen molar-refractivity contribution in [2.75, 3.05) is 22.0 Å². The maximum atomic E-state index is 11.5. The van der Waals surface area contributed by atoms with Crippen LogP contribution in [0.4, 0.5) is 0 Å². The topological polar surface area (TPSA) is 161 Å². The zero-order chi connectivity index (χ0) is 14.7. The number of rotatable bonds is 0. The molecule has 0 unspecified atom stereocenters. The van der Waals surface area contributed by atoms with Crippen LogP contribution < -0.4 is 8.25 Å². The molecule has 114 valence electrons. The normalized spacial score (nSPS) is 35.4. The van der Waals surface area contributed by atoms with Crippen LogP contribution in [0.5, 0.6) is 0 Å². The van der Waals surface area contributed by atoms with E-state index in [1.54, 1.807) is 0 Å². The Labute approximate surface area is 111 Å². The summed E-state index contributed by atoms with van der Waals surface area (Å²) in [4.78, 5) is 0. The SMILES string of the molecule is O=S1(=O)C[PH]2(CS(=O)(=O)N1)CS(=O)(=O)NS(=O)(=O)C2. The van der Waals surface area contributed by atoms with Gasteiger partial charge in [-0.3, -0.25) is 0 Å². The molecule has 0 aliphatic carbocycles. The summed E-state index contributed by atoms with van der Waals surface area (Å²) in [6, 6.07) is 0. The molecule has 0 atom stereocenters. The third kappa shape index (κ3) is 3.62. The third-order valence-electron chi connectivity index (χ3n) is 2.49. The van der Waals surface area contributed by atoms with E-state index in [4.69, 9.17) is 0 Å². The predicted octanol–water partition coefficient (Wildman–Crippen LogP) is -2.91. The molecule has 2 saturated heterocycles. The van der Waals surface area contributed by atoms with Gasteiger partial charge in [0, 0.05) is 0 Å². The number of hydrogen-bond acceptors (Lipinski definition) is 8. The molecular weight excluding hydrogens is 363 g/mol.